The van der Waals surface area contributed by atoms with Crippen molar-refractivity contribution in [1.82, 2.24) is 15.3 Å². The van der Waals surface area contributed by atoms with Crippen LogP contribution in [0.5, 0.6) is 5.75 Å². The third-order valence-electron chi connectivity index (χ3n) is 13.7. The Hall–Kier alpha value is -5.90. The highest BCUT2D eigenvalue weighted by Crippen LogP contribution is 2.59. The predicted molar refractivity (Wildman–Crippen MR) is 246 cm³/mol. The maximum absolute atomic E-state index is 15.8. The van der Waals surface area contributed by atoms with Gasteiger partial charge in [0, 0.05) is 39.2 Å². The Bertz CT molecular complexity index is 2480. The van der Waals surface area contributed by atoms with E-state index in [1.54, 1.807) is 45.0 Å². The summed E-state index contributed by atoms with van der Waals surface area (Å²) in [5.41, 5.74) is 3.27. The molecule has 4 aromatic carbocycles. The van der Waals surface area contributed by atoms with Crippen LogP contribution in [0, 0.1) is 5.41 Å². The number of likely N-dealkylation sites (N-methyl/N-ethyl adjacent to an activating group) is 1. The van der Waals surface area contributed by atoms with E-state index in [2.05, 4.69) is 5.32 Å². The summed E-state index contributed by atoms with van der Waals surface area (Å²) in [4.78, 5) is 65.9. The monoisotopic (exact) mass is 913 g/mol. The number of benzene rings is 4. The Kier molecular flexibility index (Phi) is 12.9. The van der Waals surface area contributed by atoms with Gasteiger partial charge < -0.3 is 39.4 Å². The summed E-state index contributed by atoms with van der Waals surface area (Å²) < 4.78 is 25.5. The lowest BCUT2D eigenvalue weighted by Gasteiger charge is -2.50. The van der Waals surface area contributed by atoms with Gasteiger partial charge in [-0.1, -0.05) is 109 Å². The van der Waals surface area contributed by atoms with Crippen molar-refractivity contribution >= 4 is 29.8 Å². The van der Waals surface area contributed by atoms with Crippen molar-refractivity contribution in [2.24, 2.45) is 5.41 Å². The molecule has 14 heteroatoms. The molecule has 2 amide bonds. The lowest BCUT2D eigenvalue weighted by molar-refractivity contribution is -0.218. The van der Waals surface area contributed by atoms with Gasteiger partial charge in [0.1, 0.15) is 47.2 Å². The molecule has 352 valence electrons. The zero-order chi connectivity index (χ0) is 47.1. The minimum atomic E-state index is -1.57. The maximum Gasteiger partial charge on any atom is 0.327 e. The van der Waals surface area contributed by atoms with Crippen molar-refractivity contribution in [1.29, 1.82) is 0 Å². The number of nitrogens with one attached hydrogen (secondary N) is 1. The largest absolute Gasteiger partial charge is 0.508 e. The van der Waals surface area contributed by atoms with Crippen LogP contribution in [0.15, 0.2) is 109 Å². The van der Waals surface area contributed by atoms with Gasteiger partial charge in [-0.05, 0) is 73.1 Å². The van der Waals surface area contributed by atoms with Crippen molar-refractivity contribution in [2.75, 3.05) is 13.7 Å². The van der Waals surface area contributed by atoms with Gasteiger partial charge in [-0.3, -0.25) is 24.0 Å². The number of ether oxygens (including phenoxy) is 4. The molecule has 9 rings (SSSR count). The smallest absolute Gasteiger partial charge is 0.327 e. The number of nitrogens with zero attached hydrogens (tertiary/aromatic N) is 2. The molecule has 0 radical (unpaired) electrons. The highest BCUT2D eigenvalue weighted by Gasteiger charge is 2.77. The first kappa shape index (κ1) is 46.2. The number of aliphatic hydroxyl groups excluding tert-OH is 1. The molecule has 3 N–H and O–H groups in total. The summed E-state index contributed by atoms with van der Waals surface area (Å²) in [5, 5.41) is 25.0. The predicted octanol–water partition coefficient (Wildman–Crippen LogP) is 5.40. The molecule has 2 bridgehead atoms. The van der Waals surface area contributed by atoms with E-state index < -0.39 is 89.7 Å². The molecule has 2 aliphatic carbocycles. The number of para-hydroxylation sites is 1. The second-order valence-electron chi connectivity index (χ2n) is 19.5. The van der Waals surface area contributed by atoms with E-state index in [4.69, 9.17) is 23.8 Å². The first-order valence-corrected chi connectivity index (χ1v) is 23.2. The Morgan fingerprint density at radius 1 is 0.910 bits per heavy atom. The molecular formula is C53H59N3O11. The van der Waals surface area contributed by atoms with Gasteiger partial charge in [0.2, 0.25) is 11.8 Å². The van der Waals surface area contributed by atoms with E-state index in [1.807, 2.05) is 103 Å². The number of hydrogen-bond acceptors (Lipinski definition) is 12. The molecule has 3 heterocycles. The van der Waals surface area contributed by atoms with Crippen molar-refractivity contribution in [2.45, 2.75) is 126 Å². The lowest BCUT2D eigenvalue weighted by Crippen LogP contribution is -2.70. The van der Waals surface area contributed by atoms with E-state index in [0.29, 0.717) is 19.3 Å². The van der Waals surface area contributed by atoms with E-state index in [9.17, 15) is 24.6 Å². The Morgan fingerprint density at radius 3 is 2.27 bits per heavy atom. The number of allylic oxidation sites excluding steroid dienone is 1. The van der Waals surface area contributed by atoms with Crippen LogP contribution < -0.4 is 5.32 Å². The fourth-order valence-corrected chi connectivity index (χ4v) is 10.6. The average Bonchev–Trinajstić information content (AvgIpc) is 3.98. The number of carbonyl (C=O) groups excluding carboxylic acids is 4. The van der Waals surface area contributed by atoms with Gasteiger partial charge in [0.05, 0.1) is 19.2 Å². The van der Waals surface area contributed by atoms with Gasteiger partial charge in [0.25, 0.3) is 0 Å². The SMILES string of the molecule is CN(C(=O)[C@@]12C[C@H]3OC(=O)[C@@H]1N(Cc1ccc(C=CCc4ccccc4O)cc1)O[C@@H]2[C@H]1OC2(Cc4ccccc4C2)O[C@H]13)[C@H](Cc1ccccc1)C(=O)N[C@H](CO)CCC(=O)OC(C)(C)C. The number of aliphatic hydroxyl groups is 1. The summed E-state index contributed by atoms with van der Waals surface area (Å²) in [6.07, 6.45) is 2.33. The summed E-state index contributed by atoms with van der Waals surface area (Å²) in [6, 6.07) is 29.2. The molecule has 5 aliphatic rings. The molecule has 0 aromatic heterocycles. The summed E-state index contributed by atoms with van der Waals surface area (Å²) >= 11 is 0. The zero-order valence-electron chi connectivity index (χ0n) is 38.3. The topological polar surface area (TPSA) is 173 Å². The zero-order valence-corrected chi connectivity index (χ0v) is 38.3. The fourth-order valence-electron chi connectivity index (χ4n) is 10.6. The van der Waals surface area contributed by atoms with Crippen LogP contribution in [0.1, 0.15) is 73.4 Å². The van der Waals surface area contributed by atoms with E-state index >= 15 is 4.79 Å². The molecule has 67 heavy (non-hydrogen) atoms. The molecule has 1 spiro atoms. The number of esters is 2. The van der Waals surface area contributed by atoms with E-state index in [0.717, 1.165) is 33.4 Å². The molecule has 4 fully saturated rings. The number of rotatable bonds is 15. The number of phenolic OH excluding ortho intramolecular Hbond substituents is 1. The van der Waals surface area contributed by atoms with E-state index in [-0.39, 0.29) is 38.0 Å². The number of aromatic hydroxyl groups is 1. The second-order valence-corrected chi connectivity index (χ2v) is 19.5. The molecule has 0 unspecified atom stereocenters. The summed E-state index contributed by atoms with van der Waals surface area (Å²) in [6.45, 7) is 4.98. The Labute approximate surface area is 390 Å². The van der Waals surface area contributed by atoms with Crippen molar-refractivity contribution in [3.05, 3.63) is 143 Å². The van der Waals surface area contributed by atoms with Crippen LogP contribution >= 0.6 is 0 Å². The van der Waals surface area contributed by atoms with Crippen LogP contribution in [0.3, 0.4) is 0 Å². The number of carbonyl (C=O) groups is 4. The molecule has 1 saturated carbocycles. The van der Waals surface area contributed by atoms with Gasteiger partial charge in [-0.25, -0.2) is 0 Å². The van der Waals surface area contributed by atoms with Gasteiger partial charge in [-0.2, -0.15) is 5.06 Å². The van der Waals surface area contributed by atoms with Gasteiger partial charge in [0.15, 0.2) is 11.8 Å². The second kappa shape index (κ2) is 18.6. The van der Waals surface area contributed by atoms with Gasteiger partial charge in [-0.15, -0.1) is 0 Å². The van der Waals surface area contributed by atoms with Crippen LogP contribution in [0.2, 0.25) is 0 Å². The lowest BCUT2D eigenvalue weighted by atomic mass is 9.62. The molecule has 3 aliphatic heterocycles. The molecular weight excluding hydrogens is 855 g/mol. The highest BCUT2D eigenvalue weighted by atomic mass is 16.8. The normalized spacial score (nSPS) is 25.6. The number of fused-ring (bicyclic) bond motifs is 5. The van der Waals surface area contributed by atoms with Crippen LogP contribution in [-0.2, 0) is 75.2 Å². The number of phenols is 1. The van der Waals surface area contributed by atoms with Crippen LogP contribution in [0.4, 0.5) is 0 Å². The fraction of sp³-hybridized carbons (Fsp3) is 0.434. The first-order valence-electron chi connectivity index (χ1n) is 23.2. The number of hydrogen-bond donors (Lipinski definition) is 3. The quantitative estimate of drug-likeness (QED) is 0.130. The minimum absolute atomic E-state index is 0.0414. The Balaban J connectivity index is 1.02. The van der Waals surface area contributed by atoms with E-state index in [1.165, 1.54) is 4.90 Å². The molecule has 8 atom stereocenters. The third kappa shape index (κ3) is 9.38. The maximum atomic E-state index is 15.8. The number of hydroxylamine groups is 2. The van der Waals surface area contributed by atoms with Gasteiger partial charge >= 0.3 is 11.9 Å². The summed E-state index contributed by atoms with van der Waals surface area (Å²) in [7, 11) is 1.57. The molecule has 4 aromatic rings. The van der Waals surface area contributed by atoms with Crippen LogP contribution in [-0.4, -0.2) is 112 Å². The molecule has 14 nitrogen and oxygen atoms in total. The van der Waals surface area contributed by atoms with Crippen LogP contribution in [0.25, 0.3) is 6.08 Å². The minimum Gasteiger partial charge on any atom is -0.508 e. The highest BCUT2D eigenvalue weighted by molar-refractivity contribution is 5.96. The first-order chi connectivity index (χ1) is 32.1. The van der Waals surface area contributed by atoms with Crippen molar-refractivity contribution in [3.8, 4) is 5.75 Å². The molecule has 3 saturated heterocycles. The number of amides is 2. The third-order valence-corrected chi connectivity index (χ3v) is 13.7. The standard InChI is InChI=1S/C53H59N3O11/c1-51(2,3)64-43(59)26-25-39(32-57)54-48(60)40(27-34-13-6-5-7-14-34)55(4)50(62)53-30-42-44-45(66-52(65-44)28-37-17-8-9-18-38(37)29-52)47(53)67-56(46(53)49(61)63-42)31-35-23-21-33(22-24-35)15-12-19-36-16-10-11-20-41(36)58/h5-18,20-24,39-40,42,44-47,57-58H,19,25-32H2,1-4H3,(H,54,60)/t39-,40+,42+,44-,45-,46-,47+,53-/m0/s1. The average molecular weight is 914 g/mol. The van der Waals surface area contributed by atoms with Crippen molar-refractivity contribution < 1.29 is 53.2 Å². The Morgan fingerprint density at radius 2 is 1.58 bits per heavy atom. The van der Waals surface area contributed by atoms with Crippen molar-refractivity contribution in [3.63, 3.8) is 0 Å². The summed E-state index contributed by atoms with van der Waals surface area (Å²) in [5.74, 6) is -2.93.